The molecule has 0 radical (unpaired) electrons. The standard InChI is InChI=1S/C11H10F3N3O3/c12-11(13,14)5-15-8-4-7-6(1-2-10(18)16-7)3-9(8)17(19)20/h3-4,15H,1-2,5H2,(H,16,18). The number of amides is 1. The molecule has 1 aliphatic rings. The number of hydrogen-bond donors (Lipinski definition) is 2. The first-order valence-electron chi connectivity index (χ1n) is 5.68. The number of nitro groups is 1. The fourth-order valence-corrected chi connectivity index (χ4v) is 1.90. The minimum Gasteiger partial charge on any atom is -0.371 e. The Kier molecular flexibility index (Phi) is 3.51. The van der Waals surface area contributed by atoms with E-state index in [0.29, 0.717) is 17.7 Å². The molecule has 1 amide bonds. The van der Waals surface area contributed by atoms with Gasteiger partial charge in [0.1, 0.15) is 12.2 Å². The number of halogens is 3. The third kappa shape index (κ3) is 3.16. The molecule has 9 heteroatoms. The van der Waals surface area contributed by atoms with Crippen LogP contribution in [0.15, 0.2) is 12.1 Å². The van der Waals surface area contributed by atoms with Gasteiger partial charge in [-0.15, -0.1) is 0 Å². The molecule has 0 saturated heterocycles. The number of carbonyl (C=O) groups is 1. The van der Waals surface area contributed by atoms with Crippen molar-refractivity contribution in [1.29, 1.82) is 0 Å². The molecule has 0 fully saturated rings. The van der Waals surface area contributed by atoms with Gasteiger partial charge in [0.15, 0.2) is 0 Å². The topological polar surface area (TPSA) is 84.3 Å². The predicted octanol–water partition coefficient (Wildman–Crippen LogP) is 2.45. The normalized spacial score (nSPS) is 14.4. The van der Waals surface area contributed by atoms with Crippen molar-refractivity contribution in [3.8, 4) is 0 Å². The van der Waals surface area contributed by atoms with Crippen LogP contribution in [0.3, 0.4) is 0 Å². The average molecular weight is 289 g/mol. The van der Waals surface area contributed by atoms with Gasteiger partial charge in [0.2, 0.25) is 5.91 Å². The van der Waals surface area contributed by atoms with Gasteiger partial charge in [0.25, 0.3) is 5.69 Å². The lowest BCUT2D eigenvalue weighted by Gasteiger charge is -2.18. The molecule has 20 heavy (non-hydrogen) atoms. The minimum absolute atomic E-state index is 0.194. The molecule has 0 unspecified atom stereocenters. The molecule has 0 saturated carbocycles. The van der Waals surface area contributed by atoms with E-state index in [4.69, 9.17) is 0 Å². The SMILES string of the molecule is O=C1CCc2cc([N+](=O)[O-])c(NCC(F)(F)F)cc2N1. The Morgan fingerprint density at radius 2 is 2.05 bits per heavy atom. The Hall–Kier alpha value is -2.32. The van der Waals surface area contributed by atoms with Gasteiger partial charge in [-0.1, -0.05) is 0 Å². The van der Waals surface area contributed by atoms with Crippen molar-refractivity contribution in [3.63, 3.8) is 0 Å². The monoisotopic (exact) mass is 289 g/mol. The molecule has 0 aromatic heterocycles. The highest BCUT2D eigenvalue weighted by Gasteiger charge is 2.29. The van der Waals surface area contributed by atoms with Gasteiger partial charge in [0.05, 0.1) is 4.92 Å². The molecule has 1 heterocycles. The Labute approximate surface area is 111 Å². The molecule has 0 aliphatic carbocycles. The van der Waals surface area contributed by atoms with Crippen molar-refractivity contribution < 1.29 is 22.9 Å². The zero-order chi connectivity index (χ0) is 14.9. The van der Waals surface area contributed by atoms with Crippen LogP contribution in [0.4, 0.5) is 30.2 Å². The number of hydrogen-bond acceptors (Lipinski definition) is 4. The van der Waals surface area contributed by atoms with E-state index >= 15 is 0 Å². The highest BCUT2D eigenvalue weighted by molar-refractivity contribution is 5.95. The summed E-state index contributed by atoms with van der Waals surface area (Å²) in [6.45, 7) is -1.39. The van der Waals surface area contributed by atoms with E-state index in [1.165, 1.54) is 6.07 Å². The lowest BCUT2D eigenvalue weighted by Crippen LogP contribution is -2.23. The number of anilines is 2. The van der Waals surface area contributed by atoms with Crippen LogP contribution in [-0.4, -0.2) is 23.6 Å². The van der Waals surface area contributed by atoms with Crippen LogP contribution >= 0.6 is 0 Å². The average Bonchev–Trinajstić information content (AvgIpc) is 2.34. The first kappa shape index (κ1) is 14.1. The summed E-state index contributed by atoms with van der Waals surface area (Å²) in [5.74, 6) is -0.270. The maximum atomic E-state index is 12.2. The fourth-order valence-electron chi connectivity index (χ4n) is 1.90. The van der Waals surface area contributed by atoms with Gasteiger partial charge in [-0.05, 0) is 18.1 Å². The van der Waals surface area contributed by atoms with Gasteiger partial charge in [-0.3, -0.25) is 14.9 Å². The van der Waals surface area contributed by atoms with Crippen molar-refractivity contribution in [2.45, 2.75) is 19.0 Å². The molecule has 1 aromatic carbocycles. The number of carbonyl (C=O) groups excluding carboxylic acids is 1. The van der Waals surface area contributed by atoms with E-state index in [1.54, 1.807) is 0 Å². The van der Waals surface area contributed by atoms with Crippen LogP contribution in [0.2, 0.25) is 0 Å². The van der Waals surface area contributed by atoms with E-state index in [9.17, 15) is 28.1 Å². The number of rotatable bonds is 3. The Morgan fingerprint density at radius 1 is 1.35 bits per heavy atom. The molecule has 1 aromatic rings. The summed E-state index contributed by atoms with van der Waals surface area (Å²) < 4.78 is 36.5. The van der Waals surface area contributed by atoms with E-state index in [-0.39, 0.29) is 18.0 Å². The molecule has 2 N–H and O–H groups in total. The summed E-state index contributed by atoms with van der Waals surface area (Å²) in [7, 11) is 0. The van der Waals surface area contributed by atoms with Crippen LogP contribution in [0, 0.1) is 10.1 Å². The summed E-state index contributed by atoms with van der Waals surface area (Å²) >= 11 is 0. The van der Waals surface area contributed by atoms with E-state index in [1.807, 2.05) is 5.32 Å². The van der Waals surface area contributed by atoms with Gasteiger partial charge in [-0.2, -0.15) is 13.2 Å². The number of nitrogens with one attached hydrogen (secondary N) is 2. The largest absolute Gasteiger partial charge is 0.405 e. The van der Waals surface area contributed by atoms with Crippen molar-refractivity contribution in [3.05, 3.63) is 27.8 Å². The summed E-state index contributed by atoms with van der Waals surface area (Å²) in [5.41, 5.74) is 0.128. The molecular weight excluding hydrogens is 279 g/mol. The van der Waals surface area contributed by atoms with Gasteiger partial charge < -0.3 is 10.6 Å². The van der Waals surface area contributed by atoms with Gasteiger partial charge in [-0.25, -0.2) is 0 Å². The number of benzene rings is 1. The number of alkyl halides is 3. The fraction of sp³-hybridized carbons (Fsp3) is 0.364. The summed E-state index contributed by atoms with van der Waals surface area (Å²) in [6.07, 6.45) is -3.98. The van der Waals surface area contributed by atoms with E-state index < -0.39 is 23.3 Å². The first-order valence-corrected chi connectivity index (χ1v) is 5.68. The van der Waals surface area contributed by atoms with Crippen LogP contribution in [0.1, 0.15) is 12.0 Å². The third-order valence-electron chi connectivity index (χ3n) is 2.79. The maximum absolute atomic E-state index is 12.2. The lowest BCUT2D eigenvalue weighted by molar-refractivity contribution is -0.384. The van der Waals surface area contributed by atoms with Crippen molar-refractivity contribution in [1.82, 2.24) is 0 Å². The Morgan fingerprint density at radius 3 is 2.65 bits per heavy atom. The second-order valence-corrected chi connectivity index (χ2v) is 4.30. The third-order valence-corrected chi connectivity index (χ3v) is 2.79. The zero-order valence-electron chi connectivity index (χ0n) is 10.1. The number of aryl methyl sites for hydroxylation is 1. The quantitative estimate of drug-likeness (QED) is 0.661. The number of nitro benzene ring substituents is 1. The Bertz CT molecular complexity index is 572. The van der Waals surface area contributed by atoms with Crippen LogP contribution in [-0.2, 0) is 11.2 Å². The van der Waals surface area contributed by atoms with Crippen LogP contribution in [0.5, 0.6) is 0 Å². The highest BCUT2D eigenvalue weighted by Crippen LogP contribution is 2.34. The predicted molar refractivity (Wildman–Crippen MR) is 64.6 cm³/mol. The van der Waals surface area contributed by atoms with Crippen LogP contribution in [0.25, 0.3) is 0 Å². The summed E-state index contributed by atoms with van der Waals surface area (Å²) in [6, 6.07) is 2.35. The van der Waals surface area contributed by atoms with Gasteiger partial charge in [0, 0.05) is 18.2 Å². The van der Waals surface area contributed by atoms with E-state index in [2.05, 4.69) is 5.32 Å². The minimum atomic E-state index is -4.49. The molecule has 0 spiro atoms. The highest BCUT2D eigenvalue weighted by atomic mass is 19.4. The van der Waals surface area contributed by atoms with E-state index in [0.717, 1.165) is 6.07 Å². The second kappa shape index (κ2) is 4.99. The second-order valence-electron chi connectivity index (χ2n) is 4.30. The molecular formula is C11H10F3N3O3. The Balaban J connectivity index is 2.35. The van der Waals surface area contributed by atoms with Crippen molar-refractivity contribution in [2.75, 3.05) is 17.2 Å². The molecule has 2 rings (SSSR count). The van der Waals surface area contributed by atoms with Gasteiger partial charge >= 0.3 is 6.18 Å². The summed E-state index contributed by atoms with van der Waals surface area (Å²) in [4.78, 5) is 21.4. The molecule has 1 aliphatic heterocycles. The molecule has 0 atom stereocenters. The molecule has 6 nitrogen and oxygen atoms in total. The van der Waals surface area contributed by atoms with Crippen molar-refractivity contribution in [2.24, 2.45) is 0 Å². The number of nitrogens with zero attached hydrogens (tertiary/aromatic N) is 1. The zero-order valence-corrected chi connectivity index (χ0v) is 10.1. The lowest BCUT2D eigenvalue weighted by atomic mass is 10.0. The number of fused-ring (bicyclic) bond motifs is 1. The van der Waals surface area contributed by atoms with Crippen molar-refractivity contribution >= 4 is 23.0 Å². The first-order chi connectivity index (χ1) is 9.26. The molecule has 0 bridgehead atoms. The van der Waals surface area contributed by atoms with Crippen LogP contribution < -0.4 is 10.6 Å². The summed E-state index contributed by atoms with van der Waals surface area (Å²) in [5, 5.41) is 15.4. The maximum Gasteiger partial charge on any atom is 0.405 e. The molecule has 108 valence electrons. The smallest absolute Gasteiger partial charge is 0.371 e.